The number of rotatable bonds is 4. The second-order valence-corrected chi connectivity index (χ2v) is 7.65. The second-order valence-electron chi connectivity index (χ2n) is 6.74. The number of allylic oxidation sites excluding steroid dienone is 2. The lowest BCUT2D eigenvalue weighted by atomic mass is 10.0. The van der Waals surface area contributed by atoms with E-state index in [-0.39, 0.29) is 17.7 Å². The Morgan fingerprint density at radius 2 is 2.28 bits per heavy atom. The molecular formula is C18H22BrN3O3. The van der Waals surface area contributed by atoms with Crippen molar-refractivity contribution in [3.05, 3.63) is 33.3 Å². The van der Waals surface area contributed by atoms with E-state index in [1.807, 2.05) is 10.6 Å². The third-order valence-corrected chi connectivity index (χ3v) is 5.59. The quantitative estimate of drug-likeness (QED) is 0.781. The Hall–Kier alpha value is -1.44. The van der Waals surface area contributed by atoms with Crippen molar-refractivity contribution >= 4 is 32.8 Å². The first-order valence-corrected chi connectivity index (χ1v) is 9.55. The minimum atomic E-state index is -0.0181. The Kier molecular flexibility index (Phi) is 4.80. The van der Waals surface area contributed by atoms with Gasteiger partial charge in [0.2, 0.25) is 0 Å². The first kappa shape index (κ1) is 17.0. The molecule has 0 N–H and O–H groups in total. The van der Waals surface area contributed by atoms with Crippen LogP contribution in [0.4, 0.5) is 0 Å². The van der Waals surface area contributed by atoms with Gasteiger partial charge in [-0.25, -0.2) is 14.3 Å². The molecule has 0 amide bonds. The lowest BCUT2D eigenvalue weighted by molar-refractivity contribution is 0.0632. The molecule has 25 heavy (non-hydrogen) atoms. The second kappa shape index (κ2) is 7.05. The Labute approximate surface area is 154 Å². The van der Waals surface area contributed by atoms with Gasteiger partial charge in [-0.1, -0.05) is 6.08 Å². The van der Waals surface area contributed by atoms with Crippen LogP contribution in [0.1, 0.15) is 25.7 Å². The van der Waals surface area contributed by atoms with Crippen LogP contribution in [-0.4, -0.2) is 40.5 Å². The number of ether oxygens (including phenoxy) is 2. The van der Waals surface area contributed by atoms with Crippen molar-refractivity contribution in [3.63, 3.8) is 0 Å². The highest BCUT2D eigenvalue weighted by molar-refractivity contribution is 9.10. The summed E-state index contributed by atoms with van der Waals surface area (Å²) in [6.07, 6.45) is 8.20. The number of fused-ring (bicyclic) bond motifs is 1. The topological polar surface area (TPSA) is 58.3 Å². The van der Waals surface area contributed by atoms with E-state index in [0.717, 1.165) is 40.6 Å². The summed E-state index contributed by atoms with van der Waals surface area (Å²) in [5, 5.41) is 0. The van der Waals surface area contributed by atoms with Crippen molar-refractivity contribution in [1.82, 2.24) is 14.1 Å². The van der Waals surface area contributed by atoms with Crippen LogP contribution in [0, 0.1) is 5.92 Å². The number of imidazole rings is 1. The van der Waals surface area contributed by atoms with Crippen LogP contribution in [-0.2, 0) is 16.0 Å². The molecule has 1 saturated heterocycles. The van der Waals surface area contributed by atoms with E-state index in [1.165, 1.54) is 6.42 Å². The molecule has 4 rings (SSSR count). The van der Waals surface area contributed by atoms with E-state index < -0.39 is 0 Å². The SMILES string of the molecule is CO[C@@H]1COC[C@H]1Cn1c(=O)n(C2=CCCCC2)c2ncc(Br)cc21. The first-order valence-electron chi connectivity index (χ1n) is 8.76. The van der Waals surface area contributed by atoms with Crippen LogP contribution in [0.3, 0.4) is 0 Å². The smallest absolute Gasteiger partial charge is 0.334 e. The number of nitrogens with zero attached hydrogens (tertiary/aromatic N) is 3. The lowest BCUT2D eigenvalue weighted by Crippen LogP contribution is -2.31. The van der Waals surface area contributed by atoms with E-state index in [9.17, 15) is 4.79 Å². The Balaban J connectivity index is 1.83. The van der Waals surface area contributed by atoms with Gasteiger partial charge in [0.25, 0.3) is 0 Å². The summed E-state index contributed by atoms with van der Waals surface area (Å²) in [7, 11) is 1.70. The molecule has 0 saturated carbocycles. The number of halogens is 1. The summed E-state index contributed by atoms with van der Waals surface area (Å²) in [6.45, 7) is 1.77. The van der Waals surface area contributed by atoms with Gasteiger partial charge in [-0.3, -0.25) is 4.57 Å². The molecule has 0 unspecified atom stereocenters. The fourth-order valence-corrected chi connectivity index (χ4v) is 4.13. The molecule has 2 atom stereocenters. The van der Waals surface area contributed by atoms with Crippen molar-refractivity contribution in [2.24, 2.45) is 5.92 Å². The molecule has 2 aromatic rings. The fourth-order valence-electron chi connectivity index (χ4n) is 3.81. The molecule has 0 radical (unpaired) electrons. The van der Waals surface area contributed by atoms with Gasteiger partial charge in [-0.2, -0.15) is 0 Å². The number of methoxy groups -OCH3 is 1. The minimum Gasteiger partial charge on any atom is -0.379 e. The van der Waals surface area contributed by atoms with Gasteiger partial charge in [-0.05, 0) is 47.7 Å². The van der Waals surface area contributed by atoms with Crippen molar-refractivity contribution in [1.29, 1.82) is 0 Å². The van der Waals surface area contributed by atoms with E-state index in [2.05, 4.69) is 27.0 Å². The summed E-state index contributed by atoms with van der Waals surface area (Å²) in [6, 6.07) is 1.97. The van der Waals surface area contributed by atoms with Crippen molar-refractivity contribution < 1.29 is 9.47 Å². The minimum absolute atomic E-state index is 0.0181. The molecule has 6 nitrogen and oxygen atoms in total. The molecule has 2 aliphatic rings. The van der Waals surface area contributed by atoms with Gasteiger partial charge in [0.05, 0.1) is 24.8 Å². The van der Waals surface area contributed by atoms with Crippen molar-refractivity contribution in [3.8, 4) is 0 Å². The maximum Gasteiger partial charge on any atom is 0.334 e. The number of pyridine rings is 1. The summed E-state index contributed by atoms with van der Waals surface area (Å²) >= 11 is 3.48. The molecule has 0 bridgehead atoms. The van der Waals surface area contributed by atoms with Gasteiger partial charge in [0.1, 0.15) is 0 Å². The molecule has 1 aliphatic carbocycles. The van der Waals surface area contributed by atoms with Gasteiger partial charge >= 0.3 is 5.69 Å². The van der Waals surface area contributed by atoms with Crippen LogP contribution in [0.5, 0.6) is 0 Å². The van der Waals surface area contributed by atoms with E-state index >= 15 is 0 Å². The molecule has 1 fully saturated rings. The van der Waals surface area contributed by atoms with Crippen LogP contribution in [0.15, 0.2) is 27.6 Å². The van der Waals surface area contributed by atoms with E-state index in [0.29, 0.717) is 19.8 Å². The summed E-state index contributed by atoms with van der Waals surface area (Å²) in [5.41, 5.74) is 2.64. The molecule has 3 heterocycles. The average molecular weight is 408 g/mol. The van der Waals surface area contributed by atoms with Crippen molar-refractivity contribution in [2.75, 3.05) is 20.3 Å². The maximum absolute atomic E-state index is 13.2. The fraction of sp³-hybridized carbons (Fsp3) is 0.556. The third-order valence-electron chi connectivity index (χ3n) is 5.15. The lowest BCUT2D eigenvalue weighted by Gasteiger charge is -2.16. The van der Waals surface area contributed by atoms with Gasteiger partial charge < -0.3 is 9.47 Å². The normalized spacial score (nSPS) is 24.0. The highest BCUT2D eigenvalue weighted by atomic mass is 79.9. The molecule has 0 aromatic carbocycles. The highest BCUT2D eigenvalue weighted by Crippen LogP contribution is 2.26. The zero-order valence-corrected chi connectivity index (χ0v) is 15.9. The summed E-state index contributed by atoms with van der Waals surface area (Å²) in [5.74, 6) is 0.168. The van der Waals surface area contributed by atoms with E-state index in [4.69, 9.17) is 9.47 Å². The number of hydrogen-bond acceptors (Lipinski definition) is 4. The molecule has 134 valence electrons. The standard InChI is InChI=1S/C18H22BrN3O3/c1-24-16-11-25-10-12(16)9-21-15-7-13(19)8-20-17(15)22(18(21)23)14-5-3-2-4-6-14/h5,7-8,12,16H,2-4,6,9-11H2,1H3/t12-,16-/m1/s1. The monoisotopic (exact) mass is 407 g/mol. The van der Waals surface area contributed by atoms with Crippen LogP contribution in [0.25, 0.3) is 16.9 Å². The Morgan fingerprint density at radius 1 is 1.40 bits per heavy atom. The predicted molar refractivity (Wildman–Crippen MR) is 99.5 cm³/mol. The predicted octanol–water partition coefficient (Wildman–Crippen LogP) is 3.04. The van der Waals surface area contributed by atoms with Gasteiger partial charge in [0, 0.05) is 35.9 Å². The molecule has 1 aliphatic heterocycles. The maximum atomic E-state index is 13.2. The number of aromatic nitrogens is 3. The van der Waals surface area contributed by atoms with Gasteiger partial charge in [-0.15, -0.1) is 0 Å². The first-order chi connectivity index (χ1) is 12.2. The summed E-state index contributed by atoms with van der Waals surface area (Å²) < 4.78 is 15.5. The largest absolute Gasteiger partial charge is 0.379 e. The zero-order valence-electron chi connectivity index (χ0n) is 14.3. The highest BCUT2D eigenvalue weighted by Gasteiger charge is 2.30. The molecular weight excluding hydrogens is 386 g/mol. The third kappa shape index (κ3) is 3.09. The molecule has 7 heteroatoms. The van der Waals surface area contributed by atoms with Gasteiger partial charge in [0.15, 0.2) is 5.65 Å². The average Bonchev–Trinajstić information content (AvgIpc) is 3.19. The zero-order chi connectivity index (χ0) is 17.4. The Bertz CT molecular complexity index is 870. The van der Waals surface area contributed by atoms with Crippen LogP contribution in [0.2, 0.25) is 0 Å². The molecule has 0 spiro atoms. The number of hydrogen-bond donors (Lipinski definition) is 0. The Morgan fingerprint density at radius 3 is 3.04 bits per heavy atom. The summed E-state index contributed by atoms with van der Waals surface area (Å²) in [4.78, 5) is 17.8. The van der Waals surface area contributed by atoms with Crippen LogP contribution >= 0.6 is 15.9 Å². The van der Waals surface area contributed by atoms with E-state index in [1.54, 1.807) is 17.9 Å². The van der Waals surface area contributed by atoms with Crippen LogP contribution < -0.4 is 5.69 Å². The molecule has 2 aromatic heterocycles. The van der Waals surface area contributed by atoms with Crippen molar-refractivity contribution in [2.45, 2.75) is 38.3 Å².